The minimum absolute atomic E-state index is 0.264. The summed E-state index contributed by atoms with van der Waals surface area (Å²) in [6, 6.07) is 5.25. The third-order valence-corrected chi connectivity index (χ3v) is 6.51. The zero-order valence-corrected chi connectivity index (χ0v) is 18.7. The number of aryl methyl sites for hydroxylation is 1. The number of benzene rings is 1. The van der Waals surface area contributed by atoms with Gasteiger partial charge in [-0.1, -0.05) is 13.8 Å². The van der Waals surface area contributed by atoms with E-state index >= 15 is 0 Å². The lowest BCUT2D eigenvalue weighted by Crippen LogP contribution is -2.14. The second-order valence-corrected chi connectivity index (χ2v) is 9.14. The lowest BCUT2D eigenvalue weighted by atomic mass is 10.1. The molecule has 0 aliphatic heterocycles. The number of rotatable bonds is 7. The average Bonchev–Trinajstić information content (AvgIpc) is 3.22. The third-order valence-electron chi connectivity index (χ3n) is 4.68. The van der Waals surface area contributed by atoms with Gasteiger partial charge in [-0.2, -0.15) is 0 Å². The number of halogens is 1. The molecule has 2 aromatic rings. The summed E-state index contributed by atoms with van der Waals surface area (Å²) in [4.78, 5) is 26.1. The van der Waals surface area contributed by atoms with Gasteiger partial charge in [0, 0.05) is 10.4 Å². The van der Waals surface area contributed by atoms with E-state index in [1.807, 2.05) is 0 Å². The summed E-state index contributed by atoms with van der Waals surface area (Å²) in [6.45, 7) is 4.93. The molecule has 0 saturated carbocycles. The Kier molecular flexibility index (Phi) is 6.78. The molecule has 1 aromatic heterocycles. The van der Waals surface area contributed by atoms with Crippen LogP contribution in [0.25, 0.3) is 0 Å². The molecule has 0 unspecified atom stereocenters. The van der Waals surface area contributed by atoms with E-state index in [-0.39, 0.29) is 5.91 Å². The van der Waals surface area contributed by atoms with Crippen LogP contribution in [0.5, 0.6) is 5.75 Å². The molecule has 1 heterocycles. The van der Waals surface area contributed by atoms with Crippen LogP contribution in [0.4, 0.5) is 5.00 Å². The SMILES string of the molecule is COC(=O)c1c(NC(=O)c2ccc(OCCC(C)C)c(Br)c2)sc2c1CCC2. The molecule has 0 saturated heterocycles. The summed E-state index contributed by atoms with van der Waals surface area (Å²) >= 11 is 4.94. The molecule has 0 spiro atoms. The number of nitrogens with one attached hydrogen (secondary N) is 1. The Balaban J connectivity index is 1.75. The molecule has 1 aliphatic carbocycles. The van der Waals surface area contributed by atoms with Crippen molar-refractivity contribution in [2.45, 2.75) is 39.5 Å². The first-order chi connectivity index (χ1) is 13.4. The van der Waals surface area contributed by atoms with Crippen LogP contribution in [0.1, 0.15) is 57.8 Å². The van der Waals surface area contributed by atoms with Gasteiger partial charge in [-0.3, -0.25) is 4.79 Å². The number of methoxy groups -OCH3 is 1. The van der Waals surface area contributed by atoms with Crippen LogP contribution in [0.3, 0.4) is 0 Å². The van der Waals surface area contributed by atoms with Gasteiger partial charge in [-0.15, -0.1) is 11.3 Å². The highest BCUT2D eigenvalue weighted by Gasteiger charge is 2.28. The van der Waals surface area contributed by atoms with Crippen molar-refractivity contribution in [1.82, 2.24) is 0 Å². The second-order valence-electron chi connectivity index (χ2n) is 7.18. The molecule has 150 valence electrons. The van der Waals surface area contributed by atoms with Crippen molar-refractivity contribution in [2.24, 2.45) is 5.92 Å². The topological polar surface area (TPSA) is 64.6 Å². The first kappa shape index (κ1) is 20.9. The van der Waals surface area contributed by atoms with Crippen molar-refractivity contribution in [1.29, 1.82) is 0 Å². The summed E-state index contributed by atoms with van der Waals surface area (Å²) in [5, 5.41) is 3.46. The maximum Gasteiger partial charge on any atom is 0.341 e. The average molecular weight is 466 g/mol. The van der Waals surface area contributed by atoms with Crippen molar-refractivity contribution in [3.63, 3.8) is 0 Å². The predicted octanol–water partition coefficient (Wildman–Crippen LogP) is 5.46. The van der Waals surface area contributed by atoms with E-state index < -0.39 is 5.97 Å². The highest BCUT2D eigenvalue weighted by atomic mass is 79.9. The van der Waals surface area contributed by atoms with Gasteiger partial charge in [-0.05, 0) is 71.3 Å². The number of carbonyl (C=O) groups is 2. The normalized spacial score (nSPS) is 12.8. The summed E-state index contributed by atoms with van der Waals surface area (Å²) in [6.07, 6.45) is 3.78. The van der Waals surface area contributed by atoms with Gasteiger partial charge in [0.2, 0.25) is 0 Å². The van der Waals surface area contributed by atoms with Crippen molar-refractivity contribution >= 4 is 44.1 Å². The van der Waals surface area contributed by atoms with E-state index in [1.54, 1.807) is 18.2 Å². The molecule has 7 heteroatoms. The Morgan fingerprint density at radius 1 is 1.29 bits per heavy atom. The molecular formula is C21H24BrNO4S. The van der Waals surface area contributed by atoms with Crippen LogP contribution in [-0.4, -0.2) is 25.6 Å². The van der Waals surface area contributed by atoms with Crippen molar-refractivity contribution in [3.8, 4) is 5.75 Å². The van der Waals surface area contributed by atoms with Crippen LogP contribution in [0, 0.1) is 5.92 Å². The lowest BCUT2D eigenvalue weighted by Gasteiger charge is -2.11. The molecule has 0 fully saturated rings. The zero-order chi connectivity index (χ0) is 20.3. The van der Waals surface area contributed by atoms with Crippen molar-refractivity contribution < 1.29 is 19.1 Å². The lowest BCUT2D eigenvalue weighted by molar-refractivity contribution is 0.0601. The molecule has 5 nitrogen and oxygen atoms in total. The van der Waals surface area contributed by atoms with Gasteiger partial charge in [0.15, 0.2) is 0 Å². The van der Waals surface area contributed by atoms with Crippen molar-refractivity contribution in [2.75, 3.05) is 19.0 Å². The minimum atomic E-state index is -0.398. The van der Waals surface area contributed by atoms with Gasteiger partial charge >= 0.3 is 5.97 Å². The number of fused-ring (bicyclic) bond motifs is 1. The quantitative estimate of drug-likeness (QED) is 0.551. The summed E-state index contributed by atoms with van der Waals surface area (Å²) in [5.41, 5.74) is 2.01. The van der Waals surface area contributed by atoms with E-state index in [0.29, 0.717) is 34.4 Å². The first-order valence-electron chi connectivity index (χ1n) is 9.37. The van der Waals surface area contributed by atoms with E-state index in [0.717, 1.165) is 40.6 Å². The number of hydrogen-bond donors (Lipinski definition) is 1. The molecule has 1 N–H and O–H groups in total. The van der Waals surface area contributed by atoms with Gasteiger partial charge in [-0.25, -0.2) is 4.79 Å². The first-order valence-corrected chi connectivity index (χ1v) is 11.0. The molecular weight excluding hydrogens is 442 g/mol. The molecule has 0 bridgehead atoms. The van der Waals surface area contributed by atoms with Gasteiger partial charge in [0.05, 0.1) is 23.8 Å². The Morgan fingerprint density at radius 3 is 2.75 bits per heavy atom. The standard InChI is InChI=1S/C21H24BrNO4S/c1-12(2)9-10-27-16-8-7-13(11-15(16)22)19(24)23-20-18(21(25)26-3)14-5-4-6-17(14)28-20/h7-8,11-12H,4-6,9-10H2,1-3H3,(H,23,24). The molecule has 1 amide bonds. The fourth-order valence-corrected chi connectivity index (χ4v) is 4.92. The van der Waals surface area contributed by atoms with Gasteiger partial charge in [0.25, 0.3) is 5.91 Å². The Morgan fingerprint density at radius 2 is 2.07 bits per heavy atom. The van der Waals surface area contributed by atoms with E-state index in [4.69, 9.17) is 9.47 Å². The highest BCUT2D eigenvalue weighted by Crippen LogP contribution is 2.39. The molecule has 0 atom stereocenters. The number of anilines is 1. The summed E-state index contributed by atoms with van der Waals surface area (Å²) in [5.74, 6) is 0.618. The molecule has 0 radical (unpaired) electrons. The predicted molar refractivity (Wildman–Crippen MR) is 115 cm³/mol. The molecule has 28 heavy (non-hydrogen) atoms. The Bertz CT molecular complexity index is 891. The Hall–Kier alpha value is -1.86. The second kappa shape index (κ2) is 9.09. The summed E-state index contributed by atoms with van der Waals surface area (Å²) < 4.78 is 11.4. The van der Waals surface area contributed by atoms with Gasteiger partial charge in [0.1, 0.15) is 10.8 Å². The number of carbonyl (C=O) groups excluding carboxylic acids is 2. The van der Waals surface area contributed by atoms with Crippen LogP contribution in [-0.2, 0) is 17.6 Å². The van der Waals surface area contributed by atoms with Crippen LogP contribution in [0.2, 0.25) is 0 Å². The number of ether oxygens (including phenoxy) is 2. The van der Waals surface area contributed by atoms with Crippen LogP contribution in [0.15, 0.2) is 22.7 Å². The van der Waals surface area contributed by atoms with E-state index in [2.05, 4.69) is 35.1 Å². The van der Waals surface area contributed by atoms with Crippen molar-refractivity contribution in [3.05, 3.63) is 44.2 Å². The monoisotopic (exact) mass is 465 g/mol. The number of amides is 1. The van der Waals surface area contributed by atoms with E-state index in [1.165, 1.54) is 18.4 Å². The largest absolute Gasteiger partial charge is 0.492 e. The molecule has 1 aliphatic rings. The third kappa shape index (κ3) is 4.58. The van der Waals surface area contributed by atoms with E-state index in [9.17, 15) is 9.59 Å². The maximum atomic E-state index is 12.8. The van der Waals surface area contributed by atoms with Crippen LogP contribution < -0.4 is 10.1 Å². The summed E-state index contributed by atoms with van der Waals surface area (Å²) in [7, 11) is 1.36. The molecule has 1 aromatic carbocycles. The fourth-order valence-electron chi connectivity index (χ4n) is 3.15. The fraction of sp³-hybridized carbons (Fsp3) is 0.429. The number of hydrogen-bond acceptors (Lipinski definition) is 5. The molecule has 3 rings (SSSR count). The highest BCUT2D eigenvalue weighted by molar-refractivity contribution is 9.10. The zero-order valence-electron chi connectivity index (χ0n) is 16.3. The Labute approximate surface area is 177 Å². The number of thiophene rings is 1. The number of esters is 1. The van der Waals surface area contributed by atoms with Crippen LogP contribution >= 0.6 is 27.3 Å². The smallest absolute Gasteiger partial charge is 0.341 e. The maximum absolute atomic E-state index is 12.8. The van der Waals surface area contributed by atoms with Gasteiger partial charge < -0.3 is 14.8 Å². The minimum Gasteiger partial charge on any atom is -0.492 e.